The van der Waals surface area contributed by atoms with Gasteiger partial charge >= 0.3 is 0 Å². The summed E-state index contributed by atoms with van der Waals surface area (Å²) < 4.78 is 6.20. The van der Waals surface area contributed by atoms with Crippen molar-refractivity contribution in [2.45, 2.75) is 39.2 Å². The van der Waals surface area contributed by atoms with Crippen LogP contribution in [0.2, 0.25) is 0 Å². The standard InChI is InChI=1S/C17H24N2O/c1-4-10-18-13-17(3,5-2)20-15-9-8-14-7-6-11-19-16(14)12-15/h6-9,11-12,18H,4-5,10,13H2,1-3H3. The van der Waals surface area contributed by atoms with Crippen LogP contribution in [-0.2, 0) is 0 Å². The van der Waals surface area contributed by atoms with Gasteiger partial charge in [-0.2, -0.15) is 0 Å². The number of ether oxygens (including phenoxy) is 1. The Morgan fingerprint density at radius 2 is 2.10 bits per heavy atom. The summed E-state index contributed by atoms with van der Waals surface area (Å²) >= 11 is 0. The highest BCUT2D eigenvalue weighted by Crippen LogP contribution is 2.24. The minimum absolute atomic E-state index is 0.183. The molecule has 2 aromatic rings. The van der Waals surface area contributed by atoms with Crippen molar-refractivity contribution in [1.29, 1.82) is 0 Å². The van der Waals surface area contributed by atoms with Crippen LogP contribution in [0.4, 0.5) is 0 Å². The number of benzene rings is 1. The summed E-state index contributed by atoms with van der Waals surface area (Å²) in [5.41, 5.74) is 0.794. The number of aromatic nitrogens is 1. The van der Waals surface area contributed by atoms with Crippen LogP contribution >= 0.6 is 0 Å². The maximum atomic E-state index is 6.20. The third-order valence-corrected chi connectivity index (χ3v) is 3.62. The molecule has 0 amide bonds. The molecule has 0 bridgehead atoms. The largest absolute Gasteiger partial charge is 0.486 e. The zero-order valence-corrected chi connectivity index (χ0v) is 12.6. The van der Waals surface area contributed by atoms with Gasteiger partial charge in [0.25, 0.3) is 0 Å². The van der Waals surface area contributed by atoms with Gasteiger partial charge in [-0.3, -0.25) is 4.98 Å². The second-order valence-electron chi connectivity index (χ2n) is 5.44. The van der Waals surface area contributed by atoms with Gasteiger partial charge in [0.05, 0.1) is 5.52 Å². The fourth-order valence-corrected chi connectivity index (χ4v) is 2.16. The Morgan fingerprint density at radius 3 is 2.85 bits per heavy atom. The maximum Gasteiger partial charge on any atom is 0.122 e. The molecule has 0 fully saturated rings. The Labute approximate surface area is 121 Å². The molecule has 1 N–H and O–H groups in total. The monoisotopic (exact) mass is 272 g/mol. The van der Waals surface area contributed by atoms with Gasteiger partial charge in [-0.15, -0.1) is 0 Å². The molecule has 0 saturated carbocycles. The van der Waals surface area contributed by atoms with Gasteiger partial charge in [-0.25, -0.2) is 0 Å². The molecule has 3 nitrogen and oxygen atoms in total. The molecular weight excluding hydrogens is 248 g/mol. The highest BCUT2D eigenvalue weighted by molar-refractivity contribution is 5.79. The summed E-state index contributed by atoms with van der Waals surface area (Å²) in [6, 6.07) is 10.1. The number of nitrogens with zero attached hydrogens (tertiary/aromatic N) is 1. The lowest BCUT2D eigenvalue weighted by Crippen LogP contribution is -2.42. The van der Waals surface area contributed by atoms with Gasteiger partial charge in [0, 0.05) is 24.2 Å². The molecule has 0 radical (unpaired) electrons. The average molecular weight is 272 g/mol. The predicted molar refractivity (Wildman–Crippen MR) is 84.2 cm³/mol. The molecule has 1 heterocycles. The summed E-state index contributed by atoms with van der Waals surface area (Å²) in [6.45, 7) is 8.37. The summed E-state index contributed by atoms with van der Waals surface area (Å²) in [5, 5.41) is 4.58. The van der Waals surface area contributed by atoms with Crippen molar-refractivity contribution >= 4 is 10.9 Å². The van der Waals surface area contributed by atoms with Crippen LogP contribution in [0.3, 0.4) is 0 Å². The minimum atomic E-state index is -0.183. The van der Waals surface area contributed by atoms with Crippen LogP contribution in [0.5, 0.6) is 5.75 Å². The van der Waals surface area contributed by atoms with Crippen LogP contribution in [0, 0.1) is 0 Å². The number of pyridine rings is 1. The zero-order chi connectivity index (χ0) is 14.4. The lowest BCUT2D eigenvalue weighted by molar-refractivity contribution is 0.0839. The third kappa shape index (κ3) is 3.70. The molecule has 0 saturated heterocycles. The topological polar surface area (TPSA) is 34.1 Å². The van der Waals surface area contributed by atoms with Gasteiger partial charge in [0.2, 0.25) is 0 Å². The van der Waals surface area contributed by atoms with Crippen molar-refractivity contribution in [3.05, 3.63) is 36.5 Å². The Balaban J connectivity index is 2.12. The average Bonchev–Trinajstić information content (AvgIpc) is 2.47. The fourth-order valence-electron chi connectivity index (χ4n) is 2.16. The molecule has 108 valence electrons. The Kier molecular flexibility index (Phi) is 4.96. The quantitative estimate of drug-likeness (QED) is 0.779. The van der Waals surface area contributed by atoms with Gasteiger partial charge in [0.1, 0.15) is 11.4 Å². The molecule has 1 unspecified atom stereocenters. The maximum absolute atomic E-state index is 6.20. The number of fused-ring (bicyclic) bond motifs is 1. The first kappa shape index (κ1) is 14.8. The SMILES string of the molecule is CCCNCC(C)(CC)Oc1ccc2cccnc2c1. The van der Waals surface area contributed by atoms with E-state index in [-0.39, 0.29) is 5.60 Å². The molecule has 1 aromatic carbocycles. The van der Waals surface area contributed by atoms with Crippen LogP contribution in [-0.4, -0.2) is 23.7 Å². The van der Waals surface area contributed by atoms with E-state index in [1.807, 2.05) is 24.4 Å². The molecule has 0 aliphatic rings. The van der Waals surface area contributed by atoms with Crippen molar-refractivity contribution in [3.63, 3.8) is 0 Å². The minimum Gasteiger partial charge on any atom is -0.486 e. The number of nitrogens with one attached hydrogen (secondary N) is 1. The Hall–Kier alpha value is -1.61. The lowest BCUT2D eigenvalue weighted by Gasteiger charge is -2.30. The summed E-state index contributed by atoms with van der Waals surface area (Å²) in [5.74, 6) is 0.888. The van der Waals surface area contributed by atoms with Crippen LogP contribution in [0.25, 0.3) is 10.9 Å². The predicted octanol–water partition coefficient (Wildman–Crippen LogP) is 3.78. The van der Waals surface area contributed by atoms with E-state index in [1.165, 1.54) is 0 Å². The molecule has 20 heavy (non-hydrogen) atoms. The van der Waals surface area contributed by atoms with Crippen LogP contribution < -0.4 is 10.1 Å². The fraction of sp³-hybridized carbons (Fsp3) is 0.471. The highest BCUT2D eigenvalue weighted by atomic mass is 16.5. The van der Waals surface area contributed by atoms with E-state index in [4.69, 9.17) is 4.74 Å². The van der Waals surface area contributed by atoms with Crippen molar-refractivity contribution in [2.75, 3.05) is 13.1 Å². The van der Waals surface area contributed by atoms with Crippen molar-refractivity contribution in [2.24, 2.45) is 0 Å². The second-order valence-corrected chi connectivity index (χ2v) is 5.44. The van der Waals surface area contributed by atoms with Gasteiger partial charge in [-0.1, -0.05) is 19.9 Å². The van der Waals surface area contributed by atoms with E-state index in [1.54, 1.807) is 0 Å². The van der Waals surface area contributed by atoms with E-state index in [2.05, 4.69) is 43.2 Å². The molecule has 1 atom stereocenters. The molecule has 1 aromatic heterocycles. The van der Waals surface area contributed by atoms with E-state index < -0.39 is 0 Å². The second kappa shape index (κ2) is 6.71. The summed E-state index contributed by atoms with van der Waals surface area (Å²) in [7, 11) is 0. The molecule has 2 rings (SSSR count). The Morgan fingerprint density at radius 1 is 1.25 bits per heavy atom. The van der Waals surface area contributed by atoms with Crippen molar-refractivity contribution in [3.8, 4) is 5.75 Å². The van der Waals surface area contributed by atoms with Gasteiger partial charge in [-0.05, 0) is 44.5 Å². The molecular formula is C17H24N2O. The van der Waals surface area contributed by atoms with Crippen molar-refractivity contribution in [1.82, 2.24) is 10.3 Å². The Bertz CT molecular complexity index is 555. The van der Waals surface area contributed by atoms with Crippen LogP contribution in [0.15, 0.2) is 36.5 Å². The van der Waals surface area contributed by atoms with E-state index >= 15 is 0 Å². The van der Waals surface area contributed by atoms with Gasteiger partial charge in [0.15, 0.2) is 0 Å². The summed E-state index contributed by atoms with van der Waals surface area (Å²) in [4.78, 5) is 4.38. The van der Waals surface area contributed by atoms with Gasteiger partial charge < -0.3 is 10.1 Å². The smallest absolute Gasteiger partial charge is 0.122 e. The van der Waals surface area contributed by atoms with E-state index in [0.29, 0.717) is 0 Å². The van der Waals surface area contributed by atoms with E-state index in [0.717, 1.165) is 42.6 Å². The highest BCUT2D eigenvalue weighted by Gasteiger charge is 2.23. The first-order valence-electron chi connectivity index (χ1n) is 7.41. The van der Waals surface area contributed by atoms with Crippen LogP contribution in [0.1, 0.15) is 33.6 Å². The molecule has 0 aliphatic heterocycles. The first-order valence-corrected chi connectivity index (χ1v) is 7.41. The third-order valence-electron chi connectivity index (χ3n) is 3.62. The zero-order valence-electron chi connectivity index (χ0n) is 12.6. The summed E-state index contributed by atoms with van der Waals surface area (Å²) in [6.07, 6.45) is 3.91. The molecule has 0 spiro atoms. The number of rotatable bonds is 7. The first-order chi connectivity index (χ1) is 9.67. The van der Waals surface area contributed by atoms with Crippen molar-refractivity contribution < 1.29 is 4.74 Å². The normalized spacial score (nSPS) is 14.2. The number of hydrogen-bond donors (Lipinski definition) is 1. The lowest BCUT2D eigenvalue weighted by atomic mass is 10.0. The molecule has 0 aliphatic carbocycles. The molecule has 3 heteroatoms. The van der Waals surface area contributed by atoms with E-state index in [9.17, 15) is 0 Å². The number of hydrogen-bond acceptors (Lipinski definition) is 3.